The minimum absolute atomic E-state index is 0.0502. The molecule has 0 spiro atoms. The Morgan fingerprint density at radius 2 is 1.88 bits per heavy atom. The van der Waals surface area contributed by atoms with Crippen LogP contribution >= 0.6 is 0 Å². The highest BCUT2D eigenvalue weighted by Crippen LogP contribution is 2.28. The fourth-order valence-corrected chi connectivity index (χ4v) is 4.25. The zero-order valence-electron chi connectivity index (χ0n) is 20.3. The number of oxazole rings is 1. The van der Waals surface area contributed by atoms with Gasteiger partial charge in [-0.05, 0) is 50.2 Å². The number of ether oxygens (including phenoxy) is 1. The van der Waals surface area contributed by atoms with Crippen LogP contribution in [0.4, 0.5) is 0 Å². The summed E-state index contributed by atoms with van der Waals surface area (Å²) in [7, 11) is 0. The minimum atomic E-state index is -0.983. The monoisotopic (exact) mass is 457 g/mol. The van der Waals surface area contributed by atoms with Gasteiger partial charge in [0.15, 0.2) is 5.76 Å². The summed E-state index contributed by atoms with van der Waals surface area (Å²) in [6, 6.07) is 7.25. The lowest BCUT2D eigenvalue weighted by molar-refractivity contribution is -0.387. The number of carboxylic acids is 1. The van der Waals surface area contributed by atoms with E-state index in [0.29, 0.717) is 18.9 Å². The number of hydrogen-bond acceptors (Lipinski definition) is 4. The van der Waals surface area contributed by atoms with Crippen LogP contribution in [0.15, 0.2) is 28.7 Å². The van der Waals surface area contributed by atoms with Crippen molar-refractivity contribution in [2.45, 2.75) is 79.1 Å². The molecule has 0 aliphatic heterocycles. The van der Waals surface area contributed by atoms with Gasteiger partial charge in [-0.25, -0.2) is 4.79 Å². The Kier molecular flexibility index (Phi) is 8.30. The van der Waals surface area contributed by atoms with Gasteiger partial charge in [0.2, 0.25) is 11.6 Å². The smallest absolute Gasteiger partial charge is 0.379 e. The van der Waals surface area contributed by atoms with E-state index in [1.807, 2.05) is 58.9 Å². The third kappa shape index (κ3) is 6.44. The standard InChI is InChI=1S/C26H36N2O5/c1-15(2)17(4)23(26(30)31)28-24(29)20-7-6-8-21(13-20)32-14-22-18(5)33-25(27-22)19-11-9-16(3)10-12-19/h9-12,15,17,20-21,23H,6-8,13-14H2,1-5H3,(H,28,29)(H,30,31)/p+1/t17-,20+,21-,23-/m0/s1. The van der Waals surface area contributed by atoms with Gasteiger partial charge in [-0.3, -0.25) is 4.79 Å². The summed E-state index contributed by atoms with van der Waals surface area (Å²) in [5, 5.41) is 12.4. The largest absolute Gasteiger partial charge is 0.480 e. The molecule has 1 amide bonds. The Morgan fingerprint density at radius 1 is 1.18 bits per heavy atom. The zero-order chi connectivity index (χ0) is 24.1. The van der Waals surface area contributed by atoms with E-state index < -0.39 is 12.0 Å². The van der Waals surface area contributed by atoms with Crippen molar-refractivity contribution >= 4 is 11.9 Å². The Bertz CT molecular complexity index is 950. The molecule has 0 saturated heterocycles. The number of H-pyrrole nitrogens is 1. The third-order valence-corrected chi connectivity index (χ3v) is 6.86. The Morgan fingerprint density at radius 3 is 2.52 bits per heavy atom. The highest BCUT2D eigenvalue weighted by molar-refractivity contribution is 5.85. The van der Waals surface area contributed by atoms with E-state index >= 15 is 0 Å². The molecule has 1 fully saturated rings. The molecule has 7 heteroatoms. The molecular formula is C26H37N2O5+. The number of aromatic amines is 1. The summed E-state index contributed by atoms with van der Waals surface area (Å²) in [6.45, 7) is 10.1. The van der Waals surface area contributed by atoms with Crippen molar-refractivity contribution in [2.24, 2.45) is 17.8 Å². The molecule has 0 bridgehead atoms. The van der Waals surface area contributed by atoms with Crippen molar-refractivity contribution in [1.82, 2.24) is 5.32 Å². The lowest BCUT2D eigenvalue weighted by Gasteiger charge is -2.30. The van der Waals surface area contributed by atoms with Gasteiger partial charge < -0.3 is 19.6 Å². The molecule has 1 aromatic carbocycles. The molecule has 1 heterocycles. The maximum atomic E-state index is 12.8. The molecule has 33 heavy (non-hydrogen) atoms. The molecule has 1 saturated carbocycles. The second-order valence-corrected chi connectivity index (χ2v) is 9.68. The van der Waals surface area contributed by atoms with Crippen LogP contribution in [-0.4, -0.2) is 29.1 Å². The summed E-state index contributed by atoms with van der Waals surface area (Å²) in [6.07, 6.45) is 3.06. The number of aromatic nitrogens is 1. The molecule has 3 rings (SSSR count). The number of carbonyl (C=O) groups excluding carboxylic acids is 1. The average molecular weight is 458 g/mol. The fourth-order valence-electron chi connectivity index (χ4n) is 4.25. The van der Waals surface area contributed by atoms with Gasteiger partial charge in [0.25, 0.3) is 0 Å². The van der Waals surface area contributed by atoms with Crippen LogP contribution in [0.3, 0.4) is 0 Å². The Balaban J connectivity index is 1.57. The number of hydrogen-bond donors (Lipinski definition) is 2. The predicted octanol–water partition coefficient (Wildman–Crippen LogP) is 4.31. The van der Waals surface area contributed by atoms with Crippen molar-refractivity contribution in [3.8, 4) is 11.5 Å². The summed E-state index contributed by atoms with van der Waals surface area (Å²) in [5.74, 6) is 0.0908. The summed E-state index contributed by atoms with van der Waals surface area (Å²) >= 11 is 0. The molecule has 1 aliphatic rings. The first-order valence-electron chi connectivity index (χ1n) is 11.9. The van der Waals surface area contributed by atoms with Gasteiger partial charge in [0.05, 0.1) is 11.7 Å². The number of rotatable bonds is 9. The van der Waals surface area contributed by atoms with Gasteiger partial charge in [0.1, 0.15) is 12.6 Å². The van der Waals surface area contributed by atoms with Crippen molar-refractivity contribution < 1.29 is 28.8 Å². The maximum Gasteiger partial charge on any atom is 0.379 e. The molecule has 1 aliphatic carbocycles. The molecule has 7 nitrogen and oxygen atoms in total. The predicted molar refractivity (Wildman–Crippen MR) is 124 cm³/mol. The molecule has 2 aromatic rings. The van der Waals surface area contributed by atoms with Crippen molar-refractivity contribution in [1.29, 1.82) is 0 Å². The minimum Gasteiger partial charge on any atom is -0.480 e. The molecule has 4 atom stereocenters. The van der Waals surface area contributed by atoms with Crippen LogP contribution in [0.1, 0.15) is 63.5 Å². The number of nitrogens with one attached hydrogen (secondary N) is 2. The van der Waals surface area contributed by atoms with Crippen molar-refractivity contribution in [3.63, 3.8) is 0 Å². The van der Waals surface area contributed by atoms with Crippen LogP contribution in [0, 0.1) is 31.6 Å². The summed E-state index contributed by atoms with van der Waals surface area (Å²) in [4.78, 5) is 27.9. The molecule has 180 valence electrons. The van der Waals surface area contributed by atoms with Gasteiger partial charge in [-0.2, -0.15) is 4.98 Å². The Hall–Kier alpha value is -2.67. The van der Waals surface area contributed by atoms with E-state index in [2.05, 4.69) is 10.3 Å². The van der Waals surface area contributed by atoms with Crippen LogP contribution in [-0.2, 0) is 20.9 Å². The van der Waals surface area contributed by atoms with Crippen LogP contribution in [0.5, 0.6) is 0 Å². The number of amides is 1. The van der Waals surface area contributed by atoms with E-state index in [0.717, 1.165) is 36.3 Å². The van der Waals surface area contributed by atoms with Gasteiger partial charge in [-0.15, -0.1) is 0 Å². The third-order valence-electron chi connectivity index (χ3n) is 6.86. The molecule has 0 unspecified atom stereocenters. The number of aryl methyl sites for hydroxylation is 2. The normalized spacial score (nSPS) is 20.4. The van der Waals surface area contributed by atoms with Crippen LogP contribution < -0.4 is 10.3 Å². The maximum absolute atomic E-state index is 12.8. The fraction of sp³-hybridized carbons (Fsp3) is 0.577. The second-order valence-electron chi connectivity index (χ2n) is 9.68. The first-order chi connectivity index (χ1) is 15.7. The topological polar surface area (TPSA) is 103 Å². The average Bonchev–Trinajstić information content (AvgIpc) is 3.16. The molecular weight excluding hydrogens is 420 g/mol. The van der Waals surface area contributed by atoms with Gasteiger partial charge in [0, 0.05) is 12.8 Å². The first kappa shape index (κ1) is 25.0. The van der Waals surface area contributed by atoms with Crippen LogP contribution in [0.25, 0.3) is 11.5 Å². The van der Waals surface area contributed by atoms with Crippen molar-refractivity contribution in [2.75, 3.05) is 0 Å². The second kappa shape index (κ2) is 11.0. The van der Waals surface area contributed by atoms with E-state index in [1.54, 1.807) is 0 Å². The van der Waals surface area contributed by atoms with Crippen molar-refractivity contribution in [3.05, 3.63) is 41.3 Å². The van der Waals surface area contributed by atoms with E-state index in [1.165, 1.54) is 5.56 Å². The van der Waals surface area contributed by atoms with Gasteiger partial charge in [-0.1, -0.05) is 44.9 Å². The zero-order valence-corrected chi connectivity index (χ0v) is 20.3. The quantitative estimate of drug-likeness (QED) is 0.584. The van der Waals surface area contributed by atoms with Crippen LogP contribution in [0.2, 0.25) is 0 Å². The summed E-state index contributed by atoms with van der Waals surface area (Å²) < 4.78 is 12.0. The number of carboxylic acid groups (broad SMARTS) is 1. The summed E-state index contributed by atoms with van der Waals surface area (Å²) in [5.41, 5.74) is 3.05. The highest BCUT2D eigenvalue weighted by atomic mass is 16.5. The Labute approximate surface area is 195 Å². The molecule has 3 N–H and O–H groups in total. The number of carbonyl (C=O) groups is 2. The first-order valence-corrected chi connectivity index (χ1v) is 11.9. The van der Waals surface area contributed by atoms with Gasteiger partial charge >= 0.3 is 11.9 Å². The lowest BCUT2D eigenvalue weighted by Crippen LogP contribution is -2.49. The van der Waals surface area contributed by atoms with E-state index in [-0.39, 0.29) is 29.8 Å². The van der Waals surface area contributed by atoms with E-state index in [4.69, 9.17) is 9.15 Å². The lowest BCUT2D eigenvalue weighted by atomic mass is 9.85. The number of benzene rings is 1. The molecule has 1 aromatic heterocycles. The SMILES string of the molecule is Cc1ccc(-c2[nH+]c(CO[C@H]3CCC[C@@H](C(=O)N[C@H](C(=O)O)[C@@H](C)C(C)C)C3)c(C)o2)cc1. The highest BCUT2D eigenvalue weighted by Gasteiger charge is 2.34. The molecule has 0 radical (unpaired) electrons. The number of aliphatic carboxylic acids is 1. The van der Waals surface area contributed by atoms with E-state index in [9.17, 15) is 14.7 Å².